The van der Waals surface area contributed by atoms with Crippen molar-refractivity contribution in [2.45, 2.75) is 13.3 Å². The molecule has 1 N–H and O–H groups in total. The zero-order valence-corrected chi connectivity index (χ0v) is 10.2. The summed E-state index contributed by atoms with van der Waals surface area (Å²) in [4.78, 5) is 0. The first kappa shape index (κ1) is 15.3. The van der Waals surface area contributed by atoms with Crippen molar-refractivity contribution in [1.29, 1.82) is 10.5 Å². The summed E-state index contributed by atoms with van der Waals surface area (Å²) >= 11 is 0. The van der Waals surface area contributed by atoms with Gasteiger partial charge in [-0.2, -0.15) is 10.5 Å². The second-order valence-corrected chi connectivity index (χ2v) is 3.53. The molecule has 0 aromatic heterocycles. The molecule has 0 aliphatic rings. The lowest BCUT2D eigenvalue weighted by Gasteiger charge is -2.15. The van der Waals surface area contributed by atoms with Crippen LogP contribution >= 0.6 is 0 Å². The molecule has 1 aromatic rings. The molecular formula is C12H8F4N4. The maximum Gasteiger partial charge on any atom is 0.187 e. The van der Waals surface area contributed by atoms with Gasteiger partial charge in [-0.05, 0) is 6.42 Å². The number of allylic oxidation sites excluding steroid dienone is 1. The molecule has 1 aromatic carbocycles. The van der Waals surface area contributed by atoms with E-state index in [1.54, 1.807) is 5.43 Å². The van der Waals surface area contributed by atoms with E-state index >= 15 is 0 Å². The lowest BCUT2D eigenvalue weighted by Crippen LogP contribution is -2.27. The lowest BCUT2D eigenvalue weighted by molar-refractivity contribution is 0.380. The van der Waals surface area contributed by atoms with Gasteiger partial charge in [0, 0.05) is 17.8 Å². The molecule has 1 rings (SSSR count). The number of hydrazine groups is 1. The molecule has 8 heteroatoms. The highest BCUT2D eigenvalue weighted by Crippen LogP contribution is 2.26. The Bertz CT molecular complexity index is 612. The Hall–Kier alpha value is -2.74. The van der Waals surface area contributed by atoms with Gasteiger partial charge in [0.15, 0.2) is 11.6 Å². The van der Waals surface area contributed by atoms with Gasteiger partial charge < -0.3 is 0 Å². The van der Waals surface area contributed by atoms with Gasteiger partial charge in [0.2, 0.25) is 0 Å². The van der Waals surface area contributed by atoms with Crippen molar-refractivity contribution in [3.8, 4) is 12.1 Å². The van der Waals surface area contributed by atoms with Gasteiger partial charge in [0.25, 0.3) is 0 Å². The van der Waals surface area contributed by atoms with Crippen molar-refractivity contribution in [2.24, 2.45) is 0 Å². The van der Waals surface area contributed by atoms with E-state index in [9.17, 15) is 17.7 Å². The smallest absolute Gasteiger partial charge is 0.187 e. The van der Waals surface area contributed by atoms with Crippen LogP contribution in [0, 0.1) is 40.1 Å². The zero-order chi connectivity index (χ0) is 15.3. The topological polar surface area (TPSA) is 62.9 Å². The average molecular weight is 284 g/mol. The van der Waals surface area contributed by atoms with Crippen molar-refractivity contribution in [3.05, 3.63) is 40.9 Å². The number of hydrogen-bond acceptors (Lipinski definition) is 4. The summed E-state index contributed by atoms with van der Waals surface area (Å²) in [6.45, 7) is 1.42. The summed E-state index contributed by atoms with van der Waals surface area (Å²) in [6.07, 6.45) is 0.532. The lowest BCUT2D eigenvalue weighted by atomic mass is 10.1. The van der Waals surface area contributed by atoms with Crippen molar-refractivity contribution in [1.82, 2.24) is 5.43 Å². The highest BCUT2D eigenvalue weighted by atomic mass is 19.2. The summed E-state index contributed by atoms with van der Waals surface area (Å²) in [7, 11) is 0. The molecule has 0 fully saturated rings. The van der Waals surface area contributed by atoms with Crippen LogP contribution in [0.4, 0.5) is 23.3 Å². The minimum Gasteiger partial charge on any atom is -0.275 e. The van der Waals surface area contributed by atoms with Crippen molar-refractivity contribution >= 4 is 5.69 Å². The second-order valence-electron chi connectivity index (χ2n) is 3.53. The third-order valence-electron chi connectivity index (χ3n) is 2.36. The van der Waals surface area contributed by atoms with Crippen LogP contribution in [0.1, 0.15) is 12.5 Å². The minimum atomic E-state index is -1.58. The quantitative estimate of drug-likeness (QED) is 0.303. The first-order valence-corrected chi connectivity index (χ1v) is 5.35. The van der Waals surface area contributed by atoms with E-state index in [1.807, 2.05) is 0 Å². The van der Waals surface area contributed by atoms with E-state index < -0.39 is 39.5 Å². The molecule has 0 amide bonds. The van der Waals surface area contributed by atoms with Crippen LogP contribution < -0.4 is 10.7 Å². The third-order valence-corrected chi connectivity index (χ3v) is 2.36. The highest BCUT2D eigenvalue weighted by Gasteiger charge is 2.21. The van der Waals surface area contributed by atoms with Crippen LogP contribution in [0.2, 0.25) is 0 Å². The van der Waals surface area contributed by atoms with Gasteiger partial charge >= 0.3 is 0 Å². The molecular weight excluding hydrogens is 276 g/mol. The molecule has 0 spiro atoms. The summed E-state index contributed by atoms with van der Waals surface area (Å²) in [5.74, 6) is -4.17. The van der Waals surface area contributed by atoms with Crippen molar-refractivity contribution < 1.29 is 17.7 Å². The summed E-state index contributed by atoms with van der Waals surface area (Å²) in [5.41, 5.74) is -0.315. The Morgan fingerprint density at radius 1 is 1.30 bits per heavy atom. The van der Waals surface area contributed by atoms with Gasteiger partial charge in [0.05, 0.1) is 0 Å². The molecule has 0 atom stereocenters. The Kier molecular flexibility index (Phi) is 4.93. The summed E-state index contributed by atoms with van der Waals surface area (Å²) in [5, 5.41) is 16.3. The number of benzene rings is 1. The number of rotatable bonds is 4. The largest absolute Gasteiger partial charge is 0.275 e. The van der Waals surface area contributed by atoms with Crippen LogP contribution in [-0.4, -0.2) is 0 Å². The van der Waals surface area contributed by atoms with Crippen LogP contribution in [0.5, 0.6) is 0 Å². The Morgan fingerprint density at radius 3 is 2.40 bits per heavy atom. The Labute approximate surface area is 112 Å². The molecule has 0 aliphatic heterocycles. The molecule has 0 radical (unpaired) electrons. The summed E-state index contributed by atoms with van der Waals surface area (Å²) in [6, 6.07) is 3.30. The predicted molar refractivity (Wildman–Crippen MR) is 61.7 cm³/mol. The zero-order valence-electron chi connectivity index (χ0n) is 10.2. The molecule has 0 saturated heterocycles. The Morgan fingerprint density at radius 2 is 1.90 bits per heavy atom. The third kappa shape index (κ3) is 2.98. The van der Waals surface area contributed by atoms with Crippen LogP contribution in [-0.2, 0) is 6.42 Å². The van der Waals surface area contributed by atoms with Gasteiger partial charge in [-0.15, -0.1) is 5.23 Å². The van der Waals surface area contributed by atoms with E-state index in [-0.39, 0.29) is 6.42 Å². The summed E-state index contributed by atoms with van der Waals surface area (Å²) < 4.78 is 54.0. The van der Waals surface area contributed by atoms with Crippen LogP contribution in [0.3, 0.4) is 0 Å². The monoisotopic (exact) mass is 284 g/mol. The fourth-order valence-electron chi connectivity index (χ4n) is 1.37. The standard InChI is InChI=1S/C12H8F4N4/c1-2-8-9(13)3-10(12(15)11(8)14)20(16)19-6-7(4-17)5-18/h3,6,19H,2H2,1H3. The fourth-order valence-corrected chi connectivity index (χ4v) is 1.37. The number of nitriles is 2. The number of nitrogens with zero attached hydrogens (tertiary/aromatic N) is 3. The number of halogens is 4. The van der Waals surface area contributed by atoms with Crippen molar-refractivity contribution in [2.75, 3.05) is 5.23 Å². The van der Waals surface area contributed by atoms with E-state index in [4.69, 9.17) is 10.5 Å². The highest BCUT2D eigenvalue weighted by molar-refractivity contribution is 5.48. The van der Waals surface area contributed by atoms with Crippen LogP contribution in [0.25, 0.3) is 0 Å². The van der Waals surface area contributed by atoms with Gasteiger partial charge in [-0.3, -0.25) is 5.43 Å². The molecule has 0 heterocycles. The first-order chi connectivity index (χ1) is 9.46. The molecule has 4 nitrogen and oxygen atoms in total. The molecule has 104 valence electrons. The molecule has 0 saturated carbocycles. The predicted octanol–water partition coefficient (Wildman–Crippen LogP) is 2.79. The molecule has 0 aliphatic carbocycles. The van der Waals surface area contributed by atoms with Gasteiger partial charge in [-0.25, -0.2) is 13.2 Å². The number of nitrogens with one attached hydrogen (secondary N) is 1. The van der Waals surface area contributed by atoms with Crippen LogP contribution in [0.15, 0.2) is 17.8 Å². The SMILES string of the molecule is CCc1c(F)cc(N(F)NC=C(C#N)C#N)c(F)c1F. The van der Waals surface area contributed by atoms with Gasteiger partial charge in [-0.1, -0.05) is 11.4 Å². The van der Waals surface area contributed by atoms with Gasteiger partial charge in [0.1, 0.15) is 29.2 Å². The van der Waals surface area contributed by atoms with E-state index in [1.165, 1.54) is 19.1 Å². The second kappa shape index (κ2) is 6.43. The Balaban J connectivity index is 3.13. The molecule has 20 heavy (non-hydrogen) atoms. The first-order valence-electron chi connectivity index (χ1n) is 5.35. The minimum absolute atomic E-state index is 0.0957. The van der Waals surface area contributed by atoms with E-state index in [0.717, 1.165) is 0 Å². The number of hydrogen-bond donors (Lipinski definition) is 1. The normalized spacial score (nSPS) is 9.35. The maximum absolute atomic E-state index is 13.6. The van der Waals surface area contributed by atoms with E-state index in [2.05, 4.69) is 0 Å². The maximum atomic E-state index is 13.6. The van der Waals surface area contributed by atoms with E-state index in [0.29, 0.717) is 12.3 Å². The molecule has 0 bridgehead atoms. The molecule has 0 unspecified atom stereocenters. The van der Waals surface area contributed by atoms with Crippen molar-refractivity contribution in [3.63, 3.8) is 0 Å². The average Bonchev–Trinajstić information content (AvgIpc) is 2.44. The fraction of sp³-hybridized carbons (Fsp3) is 0.167. The number of anilines is 1.